The van der Waals surface area contributed by atoms with E-state index in [0.29, 0.717) is 36.0 Å². The highest BCUT2D eigenvalue weighted by atomic mass is 32.1. The molecule has 0 aliphatic carbocycles. The molecule has 0 unspecified atom stereocenters. The van der Waals surface area contributed by atoms with Gasteiger partial charge < -0.3 is 14.2 Å². The van der Waals surface area contributed by atoms with E-state index < -0.39 is 0 Å². The van der Waals surface area contributed by atoms with Crippen LogP contribution in [-0.4, -0.2) is 25.0 Å². The Morgan fingerprint density at radius 1 is 0.897 bits per heavy atom. The number of hydrogen-bond donors (Lipinski definition) is 0. The van der Waals surface area contributed by atoms with Crippen LogP contribution in [0.3, 0.4) is 0 Å². The molecule has 0 saturated carbocycles. The highest BCUT2D eigenvalue weighted by Gasteiger charge is 2.23. The molecule has 29 heavy (non-hydrogen) atoms. The van der Waals surface area contributed by atoms with Crippen LogP contribution in [0.5, 0.6) is 17.2 Å². The number of hydrogen-bond acceptors (Lipinski definition) is 6. The lowest BCUT2D eigenvalue weighted by Crippen LogP contribution is -2.12. The predicted octanol–water partition coefficient (Wildman–Crippen LogP) is 5.64. The maximum Gasteiger partial charge on any atom is 0.311 e. The van der Waals surface area contributed by atoms with Crippen LogP contribution in [0.4, 0.5) is 0 Å². The topological polar surface area (TPSA) is 61.8 Å². The molecular weight excluding hydrogens is 388 g/mol. The Kier molecular flexibility index (Phi) is 6.88. The van der Waals surface area contributed by atoms with Crippen molar-refractivity contribution in [2.45, 2.75) is 33.6 Å². The van der Waals surface area contributed by atoms with Gasteiger partial charge in [0.05, 0.1) is 23.7 Å². The highest BCUT2D eigenvalue weighted by molar-refractivity contribution is 7.21. The Hall–Kier alpha value is -2.86. The molecule has 0 bridgehead atoms. The van der Waals surface area contributed by atoms with E-state index in [1.165, 1.54) is 11.3 Å². The van der Waals surface area contributed by atoms with E-state index in [1.54, 1.807) is 12.1 Å². The third-order valence-corrected chi connectivity index (χ3v) is 5.33. The molecule has 2 aromatic carbocycles. The van der Waals surface area contributed by atoms with Gasteiger partial charge in [0.1, 0.15) is 5.75 Å². The molecule has 0 amide bonds. The second-order valence-corrected chi connectivity index (χ2v) is 7.45. The average Bonchev–Trinajstić information content (AvgIpc) is 3.14. The average molecular weight is 413 g/mol. The zero-order chi connectivity index (χ0) is 20.8. The zero-order valence-corrected chi connectivity index (χ0v) is 17.6. The van der Waals surface area contributed by atoms with Crippen LogP contribution in [0.25, 0.3) is 10.1 Å². The van der Waals surface area contributed by atoms with E-state index in [4.69, 9.17) is 14.2 Å². The molecule has 0 spiro atoms. The minimum absolute atomic E-state index is 0.192. The number of rotatable bonds is 9. The van der Waals surface area contributed by atoms with Gasteiger partial charge in [-0.3, -0.25) is 9.59 Å². The van der Waals surface area contributed by atoms with Crippen LogP contribution in [0.15, 0.2) is 42.5 Å². The Morgan fingerprint density at radius 3 is 2.24 bits per heavy atom. The van der Waals surface area contributed by atoms with E-state index in [9.17, 15) is 9.59 Å². The summed E-state index contributed by atoms with van der Waals surface area (Å²) >= 11 is 1.41. The first-order chi connectivity index (χ1) is 14.1. The van der Waals surface area contributed by atoms with Crippen LogP contribution in [0.2, 0.25) is 0 Å². The van der Waals surface area contributed by atoms with Crippen molar-refractivity contribution < 1.29 is 23.8 Å². The van der Waals surface area contributed by atoms with Gasteiger partial charge in [-0.25, -0.2) is 0 Å². The molecule has 3 aromatic rings. The van der Waals surface area contributed by atoms with Crippen LogP contribution in [0, 0.1) is 0 Å². The van der Waals surface area contributed by atoms with Gasteiger partial charge in [-0.05, 0) is 43.9 Å². The van der Waals surface area contributed by atoms with E-state index >= 15 is 0 Å². The monoisotopic (exact) mass is 412 g/mol. The lowest BCUT2D eigenvalue weighted by molar-refractivity contribution is -0.134. The molecule has 0 radical (unpaired) electrons. The number of carbonyl (C=O) groups is 2. The summed E-state index contributed by atoms with van der Waals surface area (Å²) in [5, 5.41) is 1.00. The summed E-state index contributed by atoms with van der Waals surface area (Å²) in [4.78, 5) is 26.0. The number of carbonyl (C=O) groups excluding carboxylic acids is 2. The third kappa shape index (κ3) is 4.77. The fourth-order valence-electron chi connectivity index (χ4n) is 2.94. The molecule has 3 rings (SSSR count). The molecule has 0 N–H and O–H groups in total. The first kappa shape index (κ1) is 20.9. The van der Waals surface area contributed by atoms with Gasteiger partial charge in [0.2, 0.25) is 5.78 Å². The fourth-order valence-corrected chi connectivity index (χ4v) is 3.96. The lowest BCUT2D eigenvalue weighted by Gasteiger charge is -2.15. The van der Waals surface area contributed by atoms with Gasteiger partial charge in [-0.15, -0.1) is 11.3 Å². The molecule has 152 valence electrons. The number of esters is 1. The minimum Gasteiger partial charge on any atom is -0.490 e. The number of fused-ring (bicyclic) bond motifs is 1. The van der Waals surface area contributed by atoms with Crippen LogP contribution in [0.1, 0.15) is 48.8 Å². The largest absolute Gasteiger partial charge is 0.490 e. The van der Waals surface area contributed by atoms with Crippen LogP contribution >= 0.6 is 11.3 Å². The smallest absolute Gasteiger partial charge is 0.311 e. The maximum atomic E-state index is 13.3. The Morgan fingerprint density at radius 2 is 1.59 bits per heavy atom. The Labute approximate surface area is 174 Å². The lowest BCUT2D eigenvalue weighted by atomic mass is 10.1. The molecule has 5 nitrogen and oxygen atoms in total. The van der Waals surface area contributed by atoms with Gasteiger partial charge >= 0.3 is 5.97 Å². The highest BCUT2D eigenvalue weighted by Crippen LogP contribution is 2.38. The normalized spacial score (nSPS) is 10.7. The molecule has 0 aliphatic heterocycles. The summed E-state index contributed by atoms with van der Waals surface area (Å²) in [5.41, 5.74) is 0.285. The minimum atomic E-state index is -0.385. The molecule has 1 aromatic heterocycles. The molecule has 1 heterocycles. The van der Waals surface area contributed by atoms with Crippen molar-refractivity contribution in [2.75, 3.05) is 13.2 Å². The Balaban J connectivity index is 2.08. The summed E-state index contributed by atoms with van der Waals surface area (Å²) in [6, 6.07) is 12.9. The first-order valence-electron chi connectivity index (χ1n) is 9.74. The summed E-state index contributed by atoms with van der Waals surface area (Å²) in [5.74, 6) is 0.493. The number of ketones is 1. The fraction of sp³-hybridized carbons (Fsp3) is 0.304. The Bertz CT molecular complexity index is 988. The standard InChI is InChI=1S/C23H24O5S/c1-4-9-22(24)28-17-14-19(27-6-3)18(26-5-2)13-16(17)23(25)21-12-15-10-7-8-11-20(15)29-21/h7-8,10-14H,4-6,9H2,1-3H3. The van der Waals surface area contributed by atoms with Gasteiger partial charge in [0.15, 0.2) is 11.5 Å². The second kappa shape index (κ2) is 9.56. The summed E-state index contributed by atoms with van der Waals surface area (Å²) < 4.78 is 17.9. The van der Waals surface area contributed by atoms with Crippen molar-refractivity contribution in [3.63, 3.8) is 0 Å². The molecule has 0 atom stereocenters. The summed E-state index contributed by atoms with van der Waals surface area (Å²) in [6.45, 7) is 6.46. The van der Waals surface area contributed by atoms with E-state index in [-0.39, 0.29) is 29.5 Å². The van der Waals surface area contributed by atoms with E-state index in [0.717, 1.165) is 10.1 Å². The van der Waals surface area contributed by atoms with Crippen LogP contribution < -0.4 is 14.2 Å². The third-order valence-electron chi connectivity index (χ3n) is 4.22. The molecular formula is C23H24O5S. The molecule has 0 fully saturated rings. The van der Waals surface area contributed by atoms with Crippen LogP contribution in [-0.2, 0) is 4.79 Å². The number of thiophene rings is 1. The summed E-state index contributed by atoms with van der Waals surface area (Å²) in [6.07, 6.45) is 0.932. The molecule has 6 heteroatoms. The van der Waals surface area contributed by atoms with Crippen molar-refractivity contribution >= 4 is 33.2 Å². The van der Waals surface area contributed by atoms with E-state index in [2.05, 4.69) is 0 Å². The van der Waals surface area contributed by atoms with Gasteiger partial charge in [0.25, 0.3) is 0 Å². The van der Waals surface area contributed by atoms with E-state index in [1.807, 2.05) is 51.1 Å². The van der Waals surface area contributed by atoms with Gasteiger partial charge in [-0.2, -0.15) is 0 Å². The summed E-state index contributed by atoms with van der Waals surface area (Å²) in [7, 11) is 0. The van der Waals surface area contributed by atoms with Crippen molar-refractivity contribution in [3.05, 3.63) is 52.9 Å². The molecule has 0 aliphatic rings. The number of ether oxygens (including phenoxy) is 3. The van der Waals surface area contributed by atoms with Gasteiger partial charge in [-0.1, -0.05) is 25.1 Å². The van der Waals surface area contributed by atoms with Crippen molar-refractivity contribution in [3.8, 4) is 17.2 Å². The van der Waals surface area contributed by atoms with Crippen molar-refractivity contribution in [2.24, 2.45) is 0 Å². The van der Waals surface area contributed by atoms with Crippen molar-refractivity contribution in [1.29, 1.82) is 0 Å². The number of benzene rings is 2. The first-order valence-corrected chi connectivity index (χ1v) is 10.6. The molecule has 0 saturated heterocycles. The quantitative estimate of drug-likeness (QED) is 0.259. The van der Waals surface area contributed by atoms with Gasteiger partial charge in [0, 0.05) is 17.2 Å². The van der Waals surface area contributed by atoms with Crippen molar-refractivity contribution in [1.82, 2.24) is 0 Å². The SMILES string of the molecule is CCCC(=O)Oc1cc(OCC)c(OCC)cc1C(=O)c1cc2ccccc2s1. The second-order valence-electron chi connectivity index (χ2n) is 6.36. The maximum absolute atomic E-state index is 13.3. The zero-order valence-electron chi connectivity index (χ0n) is 16.8. The predicted molar refractivity (Wildman–Crippen MR) is 115 cm³/mol.